The summed E-state index contributed by atoms with van der Waals surface area (Å²) >= 11 is 0. The third kappa shape index (κ3) is 7.30. The van der Waals surface area contributed by atoms with Crippen LogP contribution in [0.15, 0.2) is 30.5 Å². The number of rotatable bonds is 9. The first-order valence-corrected chi connectivity index (χ1v) is 13.9. The number of anilines is 1. The molecule has 35 heavy (non-hydrogen) atoms. The van der Waals surface area contributed by atoms with Crippen LogP contribution in [0, 0.1) is 17.8 Å². The monoisotopic (exact) mass is 496 g/mol. The van der Waals surface area contributed by atoms with Gasteiger partial charge in [-0.2, -0.15) is 0 Å². The molecule has 0 saturated heterocycles. The summed E-state index contributed by atoms with van der Waals surface area (Å²) in [5.41, 5.74) is 4.44. The summed E-state index contributed by atoms with van der Waals surface area (Å²) in [7, 11) is -3.01. The fourth-order valence-corrected chi connectivity index (χ4v) is 4.63. The normalized spacial score (nSPS) is 15.8. The van der Waals surface area contributed by atoms with Crippen molar-refractivity contribution in [2.45, 2.75) is 52.4 Å². The predicted molar refractivity (Wildman–Crippen MR) is 142 cm³/mol. The number of aromatic nitrogens is 2. The first-order valence-electron chi connectivity index (χ1n) is 11.9. The molecular formula is C27H36N4O3S. The number of hydrogen-bond acceptors (Lipinski definition) is 5. The second-order valence-corrected chi connectivity index (χ2v) is 13.0. The molecule has 0 bridgehead atoms. The van der Waals surface area contributed by atoms with Crippen LogP contribution in [0.5, 0.6) is 0 Å². The molecule has 0 fully saturated rings. The van der Waals surface area contributed by atoms with Gasteiger partial charge in [-0.1, -0.05) is 39.8 Å². The van der Waals surface area contributed by atoms with Crippen LogP contribution in [0.3, 0.4) is 0 Å². The van der Waals surface area contributed by atoms with Crippen LogP contribution in [0.4, 0.5) is 5.69 Å². The SMILES string of the molecule is C#Cc1c[nH]c(C(=O)Nc2ccc(C(C)(C)CNCCS(C)(=O)=O)cc2C2=CCC(C)(C)CC2)n1. The average molecular weight is 497 g/mol. The Morgan fingerprint density at radius 1 is 1.31 bits per heavy atom. The maximum atomic E-state index is 12.9. The lowest BCUT2D eigenvalue weighted by Crippen LogP contribution is -2.35. The number of carbonyl (C=O) groups excluding carboxylic acids is 1. The van der Waals surface area contributed by atoms with E-state index in [0.29, 0.717) is 18.8 Å². The second kappa shape index (κ2) is 10.4. The lowest BCUT2D eigenvalue weighted by atomic mass is 9.76. The third-order valence-electron chi connectivity index (χ3n) is 6.52. The van der Waals surface area contributed by atoms with Crippen LogP contribution in [0.2, 0.25) is 0 Å². The summed E-state index contributed by atoms with van der Waals surface area (Å²) in [5, 5.41) is 6.28. The Morgan fingerprint density at radius 2 is 2.06 bits per heavy atom. The van der Waals surface area contributed by atoms with E-state index in [9.17, 15) is 13.2 Å². The Hall–Kier alpha value is -2.89. The fraction of sp³-hybridized carbons (Fsp3) is 0.481. The Kier molecular flexibility index (Phi) is 7.93. The van der Waals surface area contributed by atoms with Crippen LogP contribution in [-0.2, 0) is 15.3 Å². The number of sulfone groups is 1. The van der Waals surface area contributed by atoms with Crippen molar-refractivity contribution in [2.24, 2.45) is 5.41 Å². The van der Waals surface area contributed by atoms with Gasteiger partial charge in [0, 0.05) is 42.2 Å². The molecule has 188 valence electrons. The number of hydrogen-bond donors (Lipinski definition) is 3. The summed E-state index contributed by atoms with van der Waals surface area (Å²) < 4.78 is 22.9. The smallest absolute Gasteiger partial charge is 0.291 e. The molecule has 1 amide bonds. The number of allylic oxidation sites excluding steroid dienone is 2. The van der Waals surface area contributed by atoms with Gasteiger partial charge in [-0.3, -0.25) is 4.79 Å². The van der Waals surface area contributed by atoms with Gasteiger partial charge in [-0.15, -0.1) is 6.42 Å². The molecule has 1 aromatic carbocycles. The zero-order valence-electron chi connectivity index (χ0n) is 21.3. The number of amides is 1. The van der Waals surface area contributed by atoms with E-state index in [1.165, 1.54) is 18.0 Å². The molecule has 1 heterocycles. The summed E-state index contributed by atoms with van der Waals surface area (Å²) in [6, 6.07) is 6.10. The van der Waals surface area contributed by atoms with Crippen molar-refractivity contribution in [3.8, 4) is 12.3 Å². The first kappa shape index (κ1) is 26.7. The van der Waals surface area contributed by atoms with Crippen LogP contribution < -0.4 is 10.6 Å². The highest BCUT2D eigenvalue weighted by Crippen LogP contribution is 2.41. The van der Waals surface area contributed by atoms with Crippen LogP contribution in [0.1, 0.15) is 74.4 Å². The van der Waals surface area contributed by atoms with Crippen LogP contribution in [0.25, 0.3) is 5.57 Å². The van der Waals surface area contributed by atoms with Gasteiger partial charge in [0.15, 0.2) is 5.82 Å². The third-order valence-corrected chi connectivity index (χ3v) is 7.47. The molecule has 7 nitrogen and oxygen atoms in total. The second-order valence-electron chi connectivity index (χ2n) is 10.8. The van der Waals surface area contributed by atoms with Gasteiger partial charge in [0.2, 0.25) is 0 Å². The number of terminal acetylenes is 1. The summed E-state index contributed by atoms with van der Waals surface area (Å²) in [4.78, 5) is 19.8. The van der Waals surface area contributed by atoms with Gasteiger partial charge < -0.3 is 15.6 Å². The minimum atomic E-state index is -3.01. The fourth-order valence-electron chi connectivity index (χ4n) is 4.12. The molecule has 0 unspecified atom stereocenters. The Bertz CT molecular complexity index is 1260. The maximum absolute atomic E-state index is 12.9. The van der Waals surface area contributed by atoms with E-state index in [4.69, 9.17) is 6.42 Å². The zero-order chi connectivity index (χ0) is 25.9. The van der Waals surface area contributed by atoms with E-state index in [1.807, 2.05) is 12.1 Å². The zero-order valence-corrected chi connectivity index (χ0v) is 22.1. The van der Waals surface area contributed by atoms with Gasteiger partial charge in [0.1, 0.15) is 15.5 Å². The quantitative estimate of drug-likeness (QED) is 0.357. The average Bonchev–Trinajstić information content (AvgIpc) is 3.26. The maximum Gasteiger partial charge on any atom is 0.291 e. The van der Waals surface area contributed by atoms with Crippen molar-refractivity contribution in [3.05, 3.63) is 53.1 Å². The summed E-state index contributed by atoms with van der Waals surface area (Å²) in [6.07, 6.45) is 13.4. The Balaban J connectivity index is 1.88. The first-order chi connectivity index (χ1) is 16.3. The molecule has 1 aromatic heterocycles. The van der Waals surface area contributed by atoms with E-state index >= 15 is 0 Å². The molecule has 1 aliphatic carbocycles. The molecule has 0 aliphatic heterocycles. The lowest BCUT2D eigenvalue weighted by Gasteiger charge is -2.31. The van der Waals surface area contributed by atoms with Crippen LogP contribution in [-0.4, -0.2) is 49.4 Å². The largest absolute Gasteiger partial charge is 0.339 e. The Labute approximate surface area is 209 Å². The number of aromatic amines is 1. The highest BCUT2D eigenvalue weighted by atomic mass is 32.2. The molecule has 0 radical (unpaired) electrons. The van der Waals surface area contributed by atoms with Gasteiger partial charge in [-0.05, 0) is 53.9 Å². The topological polar surface area (TPSA) is 104 Å². The van der Waals surface area contributed by atoms with E-state index in [0.717, 1.165) is 36.1 Å². The van der Waals surface area contributed by atoms with Crippen molar-refractivity contribution in [1.29, 1.82) is 0 Å². The number of nitrogens with one attached hydrogen (secondary N) is 3. The minimum Gasteiger partial charge on any atom is -0.339 e. The van der Waals surface area contributed by atoms with Crippen molar-refractivity contribution >= 4 is 27.0 Å². The van der Waals surface area contributed by atoms with Crippen molar-refractivity contribution in [3.63, 3.8) is 0 Å². The number of H-pyrrole nitrogens is 1. The summed E-state index contributed by atoms with van der Waals surface area (Å²) in [6.45, 7) is 9.82. The molecule has 2 aromatic rings. The number of nitrogens with zero attached hydrogens (tertiary/aromatic N) is 1. The number of carbonyl (C=O) groups is 1. The van der Waals surface area contributed by atoms with Gasteiger partial charge in [0.25, 0.3) is 5.91 Å². The molecule has 1 aliphatic rings. The van der Waals surface area contributed by atoms with Crippen LogP contribution >= 0.6 is 0 Å². The number of benzene rings is 1. The van der Waals surface area contributed by atoms with Gasteiger partial charge >= 0.3 is 0 Å². The molecular weight excluding hydrogens is 460 g/mol. The highest BCUT2D eigenvalue weighted by molar-refractivity contribution is 7.90. The van der Waals surface area contributed by atoms with Crippen molar-refractivity contribution < 1.29 is 13.2 Å². The molecule has 8 heteroatoms. The van der Waals surface area contributed by atoms with Gasteiger partial charge in [0.05, 0.1) is 5.75 Å². The van der Waals surface area contributed by atoms with Crippen molar-refractivity contribution in [2.75, 3.05) is 30.4 Å². The van der Waals surface area contributed by atoms with E-state index in [2.05, 4.69) is 66.4 Å². The molecule has 0 saturated carbocycles. The van der Waals surface area contributed by atoms with E-state index in [1.54, 1.807) is 0 Å². The Morgan fingerprint density at radius 3 is 2.66 bits per heavy atom. The molecule has 0 atom stereocenters. The predicted octanol–water partition coefficient (Wildman–Crippen LogP) is 4.15. The molecule has 3 N–H and O–H groups in total. The van der Waals surface area contributed by atoms with E-state index < -0.39 is 9.84 Å². The number of imidazole rings is 1. The highest BCUT2D eigenvalue weighted by Gasteiger charge is 2.26. The summed E-state index contributed by atoms with van der Waals surface area (Å²) in [5.74, 6) is 2.35. The van der Waals surface area contributed by atoms with E-state index in [-0.39, 0.29) is 28.3 Å². The minimum absolute atomic E-state index is 0.107. The van der Waals surface area contributed by atoms with Gasteiger partial charge in [-0.25, -0.2) is 13.4 Å². The standard InChI is InChI=1S/C27H36N4O3S/c1-7-21-17-29-24(30-21)25(32)31-23-9-8-20(27(4,5)18-28-14-15-35(6,33)34)16-22(23)19-10-12-26(2,3)13-11-19/h1,8-10,16-17,28H,11-15,18H2,2-6H3,(H,29,30)(H,31,32). The molecule has 3 rings (SSSR count). The molecule has 0 spiro atoms. The lowest BCUT2D eigenvalue weighted by molar-refractivity contribution is 0.101. The van der Waals surface area contributed by atoms with Crippen molar-refractivity contribution in [1.82, 2.24) is 15.3 Å².